The third-order valence-corrected chi connectivity index (χ3v) is 6.91. The second-order valence-electron chi connectivity index (χ2n) is 9.10. The van der Waals surface area contributed by atoms with Gasteiger partial charge in [-0.25, -0.2) is 0 Å². The maximum Gasteiger partial charge on any atom is 0.251 e. The quantitative estimate of drug-likeness (QED) is 0.265. The maximum atomic E-state index is 12.9. The van der Waals surface area contributed by atoms with E-state index in [0.29, 0.717) is 23.1 Å². The number of allylic oxidation sites excluding steroid dienone is 1. The number of aromatic nitrogens is 3. The lowest BCUT2D eigenvalue weighted by Crippen LogP contribution is -2.33. The third kappa shape index (κ3) is 6.63. The molecule has 1 aromatic heterocycles. The van der Waals surface area contributed by atoms with Crippen LogP contribution in [0.4, 0.5) is 5.69 Å². The van der Waals surface area contributed by atoms with Crippen LogP contribution in [0.15, 0.2) is 60.3 Å². The van der Waals surface area contributed by atoms with Crippen LogP contribution < -0.4 is 10.6 Å². The van der Waals surface area contributed by atoms with Crippen molar-refractivity contribution in [1.29, 1.82) is 0 Å². The molecule has 2 amide bonds. The van der Waals surface area contributed by atoms with Crippen LogP contribution in [0.2, 0.25) is 0 Å². The molecule has 3 rings (SSSR count). The highest BCUT2D eigenvalue weighted by Gasteiger charge is 2.26. The first-order valence-electron chi connectivity index (χ1n) is 12.2. The second kappa shape index (κ2) is 12.5. The van der Waals surface area contributed by atoms with Gasteiger partial charge in [0.05, 0.1) is 11.8 Å². The van der Waals surface area contributed by atoms with Gasteiger partial charge >= 0.3 is 0 Å². The number of aryl methyl sites for hydroxylation is 3. The highest BCUT2D eigenvalue weighted by Crippen LogP contribution is 2.27. The normalized spacial score (nSPS) is 11.8. The number of hydrogen-bond acceptors (Lipinski definition) is 5. The molecular weight excluding hydrogens is 470 g/mol. The van der Waals surface area contributed by atoms with Crippen molar-refractivity contribution in [1.82, 2.24) is 20.1 Å². The summed E-state index contributed by atoms with van der Waals surface area (Å²) in [5, 5.41) is 15.5. The molecule has 36 heavy (non-hydrogen) atoms. The summed E-state index contributed by atoms with van der Waals surface area (Å²) >= 11 is 1.32. The third-order valence-electron chi connectivity index (χ3n) is 5.94. The summed E-state index contributed by atoms with van der Waals surface area (Å²) in [6.45, 7) is 14.4. The molecule has 0 aliphatic rings. The first kappa shape index (κ1) is 27.2. The van der Waals surface area contributed by atoms with Crippen molar-refractivity contribution in [2.45, 2.75) is 58.8 Å². The fourth-order valence-electron chi connectivity index (χ4n) is 3.90. The molecule has 2 aromatic carbocycles. The number of carbonyl (C=O) groups is 2. The largest absolute Gasteiger partial charge is 0.342 e. The Morgan fingerprint density at radius 2 is 1.83 bits per heavy atom. The molecule has 0 fully saturated rings. The molecule has 7 nitrogen and oxygen atoms in total. The number of carbonyl (C=O) groups excluding carboxylic acids is 2. The van der Waals surface area contributed by atoms with Gasteiger partial charge in [0.2, 0.25) is 5.91 Å². The van der Waals surface area contributed by atoms with E-state index in [2.05, 4.69) is 34.3 Å². The van der Waals surface area contributed by atoms with Crippen LogP contribution in [0, 0.1) is 19.8 Å². The minimum atomic E-state index is -0.353. The van der Waals surface area contributed by atoms with E-state index in [4.69, 9.17) is 0 Å². The number of thioether (sulfide) groups is 1. The van der Waals surface area contributed by atoms with Crippen LogP contribution >= 0.6 is 11.8 Å². The Labute approximate surface area is 217 Å². The van der Waals surface area contributed by atoms with E-state index in [1.54, 1.807) is 6.08 Å². The Morgan fingerprint density at radius 1 is 1.11 bits per heavy atom. The molecule has 0 spiro atoms. The van der Waals surface area contributed by atoms with Crippen molar-refractivity contribution in [3.05, 3.63) is 83.2 Å². The summed E-state index contributed by atoms with van der Waals surface area (Å²) in [5.74, 6) is 0.629. The van der Waals surface area contributed by atoms with E-state index in [1.807, 2.05) is 74.7 Å². The Kier molecular flexibility index (Phi) is 9.47. The molecule has 0 saturated carbocycles. The number of hydrogen-bond donors (Lipinski definition) is 2. The predicted molar refractivity (Wildman–Crippen MR) is 146 cm³/mol. The minimum Gasteiger partial charge on any atom is -0.342 e. The Morgan fingerprint density at radius 3 is 2.47 bits per heavy atom. The van der Waals surface area contributed by atoms with E-state index < -0.39 is 0 Å². The standard InChI is InChI=1S/C28H35N5O2S/c1-7-16-33-26(24(18(3)4)30-27(35)22-14-12-19(5)13-15-22)31-32-28(33)36-17-23(34)29-25-20(6)10-9-11-21(25)8-2/h7,9-15,18,24H,1,8,16-17H2,2-6H3,(H,29,34)(H,30,35)/t24-/m1/s1. The van der Waals surface area contributed by atoms with Gasteiger partial charge in [-0.2, -0.15) is 0 Å². The summed E-state index contributed by atoms with van der Waals surface area (Å²) in [7, 11) is 0. The summed E-state index contributed by atoms with van der Waals surface area (Å²) in [6.07, 6.45) is 2.60. The van der Waals surface area contributed by atoms with Crippen molar-refractivity contribution < 1.29 is 9.59 Å². The van der Waals surface area contributed by atoms with Crippen molar-refractivity contribution in [2.24, 2.45) is 5.92 Å². The van der Waals surface area contributed by atoms with Gasteiger partial charge in [-0.1, -0.05) is 74.5 Å². The zero-order valence-corrected chi connectivity index (χ0v) is 22.5. The molecule has 1 atom stereocenters. The average molecular weight is 506 g/mol. The predicted octanol–water partition coefficient (Wildman–Crippen LogP) is 5.50. The van der Waals surface area contributed by atoms with Crippen LogP contribution in [0.25, 0.3) is 0 Å². The lowest BCUT2D eigenvalue weighted by atomic mass is 10.0. The van der Waals surface area contributed by atoms with E-state index in [9.17, 15) is 9.59 Å². The highest BCUT2D eigenvalue weighted by molar-refractivity contribution is 7.99. The van der Waals surface area contributed by atoms with Crippen LogP contribution in [-0.4, -0.2) is 32.3 Å². The van der Waals surface area contributed by atoms with Crippen LogP contribution in [0.1, 0.15) is 59.7 Å². The van der Waals surface area contributed by atoms with Crippen molar-refractivity contribution in [3.8, 4) is 0 Å². The zero-order valence-electron chi connectivity index (χ0n) is 21.7. The van der Waals surface area contributed by atoms with Crippen LogP contribution in [-0.2, 0) is 17.8 Å². The first-order valence-corrected chi connectivity index (χ1v) is 13.2. The molecule has 190 valence electrons. The van der Waals surface area contributed by atoms with Gasteiger partial charge in [0.15, 0.2) is 11.0 Å². The van der Waals surface area contributed by atoms with E-state index in [-0.39, 0.29) is 29.5 Å². The van der Waals surface area contributed by atoms with Crippen molar-refractivity contribution >= 4 is 29.3 Å². The Bertz CT molecular complexity index is 1220. The van der Waals surface area contributed by atoms with Gasteiger partial charge in [0.1, 0.15) is 0 Å². The number of anilines is 1. The summed E-state index contributed by atoms with van der Waals surface area (Å²) in [4.78, 5) is 25.7. The lowest BCUT2D eigenvalue weighted by molar-refractivity contribution is -0.113. The van der Waals surface area contributed by atoms with Crippen LogP contribution in [0.3, 0.4) is 0 Å². The number of nitrogens with zero attached hydrogens (tertiary/aromatic N) is 3. The van der Waals surface area contributed by atoms with E-state index >= 15 is 0 Å². The number of amides is 2. The minimum absolute atomic E-state index is 0.0711. The second-order valence-corrected chi connectivity index (χ2v) is 10.0. The molecule has 8 heteroatoms. The molecule has 0 unspecified atom stereocenters. The van der Waals surface area contributed by atoms with Gasteiger partial charge in [0.25, 0.3) is 5.91 Å². The number of rotatable bonds is 11. The summed E-state index contributed by atoms with van der Waals surface area (Å²) < 4.78 is 1.91. The lowest BCUT2D eigenvalue weighted by Gasteiger charge is -2.22. The molecule has 0 aliphatic carbocycles. The monoisotopic (exact) mass is 505 g/mol. The van der Waals surface area contributed by atoms with Gasteiger partial charge in [-0.3, -0.25) is 9.59 Å². The smallest absolute Gasteiger partial charge is 0.251 e. The Balaban J connectivity index is 1.76. The number of para-hydroxylation sites is 1. The molecular formula is C28H35N5O2S. The van der Waals surface area contributed by atoms with E-state index in [1.165, 1.54) is 11.8 Å². The average Bonchev–Trinajstić information content (AvgIpc) is 3.24. The topological polar surface area (TPSA) is 88.9 Å². The zero-order chi connectivity index (χ0) is 26.2. The van der Waals surface area contributed by atoms with Crippen molar-refractivity contribution in [3.63, 3.8) is 0 Å². The van der Waals surface area contributed by atoms with E-state index in [0.717, 1.165) is 28.8 Å². The molecule has 0 radical (unpaired) electrons. The van der Waals surface area contributed by atoms with Gasteiger partial charge in [-0.15, -0.1) is 16.8 Å². The Hall–Kier alpha value is -3.39. The first-order chi connectivity index (χ1) is 17.2. The highest BCUT2D eigenvalue weighted by atomic mass is 32.2. The van der Waals surface area contributed by atoms with Crippen LogP contribution in [0.5, 0.6) is 0 Å². The number of benzene rings is 2. The fourth-order valence-corrected chi connectivity index (χ4v) is 4.66. The van der Waals surface area contributed by atoms with Gasteiger partial charge in [0, 0.05) is 17.8 Å². The SMILES string of the molecule is C=CCn1c(SCC(=O)Nc2c(C)cccc2CC)nnc1[C@H](NC(=O)c1ccc(C)cc1)C(C)C. The fraction of sp³-hybridized carbons (Fsp3) is 0.357. The maximum absolute atomic E-state index is 12.9. The van der Waals surface area contributed by atoms with Crippen molar-refractivity contribution in [2.75, 3.05) is 11.1 Å². The van der Waals surface area contributed by atoms with Gasteiger partial charge < -0.3 is 15.2 Å². The van der Waals surface area contributed by atoms with Gasteiger partial charge in [-0.05, 0) is 49.4 Å². The molecule has 1 heterocycles. The molecule has 2 N–H and O–H groups in total. The molecule has 3 aromatic rings. The molecule has 0 saturated heterocycles. The number of nitrogens with one attached hydrogen (secondary N) is 2. The molecule has 0 bridgehead atoms. The molecule has 0 aliphatic heterocycles. The summed E-state index contributed by atoms with van der Waals surface area (Å²) in [5.41, 5.74) is 4.70. The summed E-state index contributed by atoms with van der Waals surface area (Å²) in [6, 6.07) is 13.1.